The van der Waals surface area contributed by atoms with E-state index in [-0.39, 0.29) is 22.2 Å². The molecule has 0 aliphatic rings. The fourth-order valence-electron chi connectivity index (χ4n) is 1.69. The minimum atomic E-state index is -4.50. The van der Waals surface area contributed by atoms with Gasteiger partial charge in [-0.25, -0.2) is 9.78 Å². The van der Waals surface area contributed by atoms with Crippen LogP contribution in [-0.4, -0.2) is 16.1 Å². The van der Waals surface area contributed by atoms with E-state index in [4.69, 9.17) is 9.84 Å². The monoisotopic (exact) mass is 329 g/mol. The fourth-order valence-corrected chi connectivity index (χ4v) is 1.90. The number of aromatic nitrogens is 1. The Hall–Kier alpha value is -2.22. The third kappa shape index (κ3) is 3.51. The minimum absolute atomic E-state index is 0.0926. The van der Waals surface area contributed by atoms with Crippen molar-refractivity contribution in [2.45, 2.75) is 18.0 Å². The molecule has 0 fully saturated rings. The van der Waals surface area contributed by atoms with Gasteiger partial charge in [-0.3, -0.25) is 0 Å². The van der Waals surface area contributed by atoms with E-state index in [2.05, 4.69) is 17.6 Å². The van der Waals surface area contributed by atoms with Crippen LogP contribution in [-0.2, 0) is 6.18 Å². The van der Waals surface area contributed by atoms with Gasteiger partial charge in [-0.2, -0.15) is 13.2 Å². The number of aryl methyl sites for hydroxylation is 1. The number of halogens is 3. The van der Waals surface area contributed by atoms with E-state index in [0.29, 0.717) is 5.56 Å². The molecule has 1 aromatic heterocycles. The van der Waals surface area contributed by atoms with Crippen molar-refractivity contribution in [2.75, 3.05) is 0 Å². The van der Waals surface area contributed by atoms with Crippen LogP contribution in [0.25, 0.3) is 0 Å². The molecule has 0 spiro atoms. The number of hydrogen-bond acceptors (Lipinski definition) is 4. The fraction of sp³-hybridized carbons (Fsp3) is 0.143. The quantitative estimate of drug-likeness (QED) is 0.829. The topological polar surface area (TPSA) is 59.4 Å². The van der Waals surface area contributed by atoms with Gasteiger partial charge in [0.25, 0.3) is 0 Å². The number of ether oxygens (including phenoxy) is 1. The first-order valence-corrected chi connectivity index (χ1v) is 6.42. The third-order valence-corrected chi connectivity index (χ3v) is 3.31. The van der Waals surface area contributed by atoms with E-state index in [0.717, 1.165) is 12.1 Å². The van der Waals surface area contributed by atoms with Gasteiger partial charge in [0.1, 0.15) is 5.75 Å². The Bertz CT molecular complexity index is 732. The highest BCUT2D eigenvalue weighted by Gasteiger charge is 2.30. The lowest BCUT2D eigenvalue weighted by molar-refractivity contribution is -0.137. The summed E-state index contributed by atoms with van der Waals surface area (Å²) >= 11 is 4.03. The average Bonchev–Trinajstić information content (AvgIpc) is 2.41. The zero-order chi connectivity index (χ0) is 16.5. The lowest BCUT2D eigenvalue weighted by atomic mass is 10.2. The Morgan fingerprint density at radius 1 is 1.32 bits per heavy atom. The maximum atomic E-state index is 12.6. The Morgan fingerprint density at radius 3 is 2.59 bits per heavy atom. The minimum Gasteiger partial charge on any atom is -0.476 e. The molecular weight excluding hydrogens is 319 g/mol. The summed E-state index contributed by atoms with van der Waals surface area (Å²) in [6.07, 6.45) is -4.50. The van der Waals surface area contributed by atoms with Gasteiger partial charge >= 0.3 is 12.1 Å². The molecule has 0 aliphatic carbocycles. The summed E-state index contributed by atoms with van der Waals surface area (Å²) in [5, 5.41) is 9.02. The lowest BCUT2D eigenvalue weighted by Crippen LogP contribution is -2.06. The van der Waals surface area contributed by atoms with E-state index < -0.39 is 17.7 Å². The molecule has 2 aromatic rings. The molecule has 0 aliphatic heterocycles. The third-order valence-electron chi connectivity index (χ3n) is 2.75. The predicted octanol–water partition coefficient (Wildman–Crippen LogP) is 4.19. The summed E-state index contributed by atoms with van der Waals surface area (Å²) in [5.74, 6) is -1.51. The number of aromatic carboxylic acids is 1. The Labute approximate surface area is 129 Å². The van der Waals surface area contributed by atoms with Crippen LogP contribution < -0.4 is 4.74 Å². The van der Waals surface area contributed by atoms with Crippen LogP contribution in [0.2, 0.25) is 0 Å². The van der Waals surface area contributed by atoms with Crippen LogP contribution in [0.4, 0.5) is 13.2 Å². The molecule has 0 radical (unpaired) electrons. The number of carboxylic acids is 1. The second kappa shape index (κ2) is 5.88. The number of benzene rings is 1. The molecule has 116 valence electrons. The Morgan fingerprint density at radius 2 is 2.00 bits per heavy atom. The van der Waals surface area contributed by atoms with Crippen LogP contribution in [0.1, 0.15) is 21.6 Å². The lowest BCUT2D eigenvalue weighted by Gasteiger charge is -2.11. The molecular formula is C14H10F3NO3S. The average molecular weight is 329 g/mol. The van der Waals surface area contributed by atoms with Crippen molar-refractivity contribution in [1.82, 2.24) is 4.98 Å². The molecule has 2 rings (SSSR count). The van der Waals surface area contributed by atoms with Crippen LogP contribution in [0.15, 0.2) is 35.2 Å². The second-order valence-electron chi connectivity index (χ2n) is 4.41. The molecule has 0 saturated carbocycles. The van der Waals surface area contributed by atoms with Crippen molar-refractivity contribution in [1.29, 1.82) is 0 Å². The number of carbonyl (C=O) groups is 1. The first kappa shape index (κ1) is 16.2. The molecule has 0 atom stereocenters. The summed E-state index contributed by atoms with van der Waals surface area (Å²) < 4.78 is 43.1. The van der Waals surface area contributed by atoms with E-state index in [1.807, 2.05) is 0 Å². The molecule has 1 heterocycles. The summed E-state index contributed by atoms with van der Waals surface area (Å²) in [7, 11) is 0. The van der Waals surface area contributed by atoms with E-state index in [1.165, 1.54) is 18.2 Å². The number of pyridine rings is 1. The van der Waals surface area contributed by atoms with Gasteiger partial charge in [0.2, 0.25) is 5.88 Å². The van der Waals surface area contributed by atoms with Crippen LogP contribution >= 0.6 is 12.6 Å². The van der Waals surface area contributed by atoms with Crippen molar-refractivity contribution < 1.29 is 27.8 Å². The number of thiol groups is 1. The number of carboxylic acid groups (broad SMARTS) is 1. The molecule has 0 unspecified atom stereocenters. The maximum Gasteiger partial charge on any atom is 0.416 e. The van der Waals surface area contributed by atoms with Gasteiger partial charge in [0, 0.05) is 11.0 Å². The first-order chi connectivity index (χ1) is 10.2. The van der Waals surface area contributed by atoms with Gasteiger partial charge in [0.05, 0.1) is 5.56 Å². The molecule has 0 saturated heterocycles. The zero-order valence-corrected chi connectivity index (χ0v) is 12.1. The molecule has 1 N–H and O–H groups in total. The Kier molecular flexibility index (Phi) is 4.32. The highest BCUT2D eigenvalue weighted by molar-refractivity contribution is 7.80. The number of alkyl halides is 3. The predicted molar refractivity (Wildman–Crippen MR) is 74.7 cm³/mol. The van der Waals surface area contributed by atoms with Crippen molar-refractivity contribution in [2.24, 2.45) is 0 Å². The molecule has 8 heteroatoms. The normalized spacial score (nSPS) is 11.3. The summed E-state index contributed by atoms with van der Waals surface area (Å²) in [6.45, 7) is 1.59. The SMILES string of the molecule is Cc1cc(Oc2cccc(C(F)(F)F)c2)nc(C(=O)O)c1S. The van der Waals surface area contributed by atoms with Crippen molar-refractivity contribution in [3.05, 3.63) is 47.2 Å². The van der Waals surface area contributed by atoms with Crippen LogP contribution in [0.3, 0.4) is 0 Å². The molecule has 1 aromatic carbocycles. The van der Waals surface area contributed by atoms with E-state index in [9.17, 15) is 18.0 Å². The van der Waals surface area contributed by atoms with E-state index >= 15 is 0 Å². The maximum absolute atomic E-state index is 12.6. The highest BCUT2D eigenvalue weighted by atomic mass is 32.1. The standard InChI is InChI=1S/C14H10F3NO3S/c1-7-5-10(18-11(12(7)22)13(19)20)21-9-4-2-3-8(6-9)14(15,16)17/h2-6,22H,1H3,(H,19,20). The largest absolute Gasteiger partial charge is 0.476 e. The Balaban J connectivity index is 2.38. The van der Waals surface area contributed by atoms with Crippen LogP contribution in [0.5, 0.6) is 11.6 Å². The van der Waals surface area contributed by atoms with Crippen LogP contribution in [0, 0.1) is 6.92 Å². The van der Waals surface area contributed by atoms with Gasteiger partial charge < -0.3 is 9.84 Å². The molecule has 4 nitrogen and oxygen atoms in total. The van der Waals surface area contributed by atoms with Gasteiger partial charge in [-0.1, -0.05) is 6.07 Å². The zero-order valence-electron chi connectivity index (χ0n) is 11.2. The smallest absolute Gasteiger partial charge is 0.416 e. The summed E-state index contributed by atoms with van der Waals surface area (Å²) in [4.78, 5) is 15.0. The van der Waals surface area contributed by atoms with E-state index in [1.54, 1.807) is 6.92 Å². The number of nitrogens with zero attached hydrogens (tertiary/aromatic N) is 1. The summed E-state index contributed by atoms with van der Waals surface area (Å²) in [5.41, 5.74) is -0.714. The summed E-state index contributed by atoms with van der Waals surface area (Å²) in [6, 6.07) is 5.63. The second-order valence-corrected chi connectivity index (χ2v) is 4.85. The highest BCUT2D eigenvalue weighted by Crippen LogP contribution is 2.33. The molecule has 0 bridgehead atoms. The van der Waals surface area contributed by atoms with Gasteiger partial charge in [0.15, 0.2) is 5.69 Å². The van der Waals surface area contributed by atoms with Crippen molar-refractivity contribution in [3.63, 3.8) is 0 Å². The first-order valence-electron chi connectivity index (χ1n) is 5.97. The molecule has 0 amide bonds. The van der Waals surface area contributed by atoms with Crippen molar-refractivity contribution >= 4 is 18.6 Å². The van der Waals surface area contributed by atoms with Crippen molar-refractivity contribution in [3.8, 4) is 11.6 Å². The van der Waals surface area contributed by atoms with Gasteiger partial charge in [-0.05, 0) is 30.7 Å². The van der Waals surface area contributed by atoms with Gasteiger partial charge in [-0.15, -0.1) is 12.6 Å². The number of hydrogen-bond donors (Lipinski definition) is 2. The number of rotatable bonds is 3. The molecule has 22 heavy (non-hydrogen) atoms.